The van der Waals surface area contributed by atoms with Crippen molar-refractivity contribution in [3.05, 3.63) is 139 Å². The van der Waals surface area contributed by atoms with Crippen LogP contribution < -0.4 is 10.2 Å². The summed E-state index contributed by atoms with van der Waals surface area (Å²) in [7, 11) is 0. The third-order valence-electron chi connectivity index (χ3n) is 11.0. The number of ether oxygens (including phenoxy) is 2. The Labute approximate surface area is 307 Å². The van der Waals surface area contributed by atoms with E-state index < -0.39 is 72.2 Å². The van der Waals surface area contributed by atoms with Crippen molar-refractivity contribution in [2.24, 2.45) is 11.8 Å². The second-order valence-electron chi connectivity index (χ2n) is 14.2. The summed E-state index contributed by atoms with van der Waals surface area (Å²) in [6.07, 6.45) is 5.87. The van der Waals surface area contributed by atoms with Crippen molar-refractivity contribution in [3.8, 4) is 0 Å². The molecule has 3 amide bonds. The Morgan fingerprint density at radius 3 is 2.34 bits per heavy atom. The summed E-state index contributed by atoms with van der Waals surface area (Å²) in [6, 6.07) is 29.2. The lowest BCUT2D eigenvalue weighted by Gasteiger charge is -2.38. The summed E-state index contributed by atoms with van der Waals surface area (Å²) in [5.41, 5.74) is 0.391. The highest BCUT2D eigenvalue weighted by Gasteiger charge is 2.72. The number of esters is 1. The summed E-state index contributed by atoms with van der Waals surface area (Å²) in [4.78, 5) is 61.0. The summed E-state index contributed by atoms with van der Waals surface area (Å²) in [6.45, 7) is 1.51. The van der Waals surface area contributed by atoms with E-state index in [1.165, 1.54) is 4.90 Å². The molecular weight excluding hydrogens is 670 g/mol. The summed E-state index contributed by atoms with van der Waals surface area (Å²) >= 11 is 0. The zero-order chi connectivity index (χ0) is 36.7. The van der Waals surface area contributed by atoms with E-state index in [-0.39, 0.29) is 18.9 Å². The molecule has 0 bridgehead atoms. The number of nitrogens with one attached hydrogen (secondary N) is 1. The van der Waals surface area contributed by atoms with Gasteiger partial charge in [-0.2, -0.15) is 0 Å². The number of amides is 3. The molecule has 1 spiro atoms. The molecule has 10 nitrogen and oxygen atoms in total. The molecule has 4 aliphatic rings. The fourth-order valence-corrected chi connectivity index (χ4v) is 8.59. The molecule has 2 fully saturated rings. The first-order valence-electron chi connectivity index (χ1n) is 18.2. The number of allylic oxidation sites excluding steroid dienone is 1. The number of aliphatic hydroxyl groups excluding tert-OH is 1. The van der Waals surface area contributed by atoms with Crippen molar-refractivity contribution in [2.75, 3.05) is 18.1 Å². The summed E-state index contributed by atoms with van der Waals surface area (Å²) < 4.78 is 13.2. The van der Waals surface area contributed by atoms with Gasteiger partial charge in [0, 0.05) is 18.7 Å². The van der Waals surface area contributed by atoms with Crippen LogP contribution in [0.25, 0.3) is 10.8 Å². The van der Waals surface area contributed by atoms with Crippen LogP contribution in [0.1, 0.15) is 43.0 Å². The first kappa shape index (κ1) is 34.5. The van der Waals surface area contributed by atoms with Crippen LogP contribution >= 0.6 is 0 Å². The van der Waals surface area contributed by atoms with Gasteiger partial charge in [0.05, 0.1) is 30.7 Å². The lowest BCUT2D eigenvalue weighted by atomic mass is 9.77. The minimum atomic E-state index is -1.58. The van der Waals surface area contributed by atoms with Gasteiger partial charge in [-0.25, -0.2) is 0 Å². The molecule has 0 unspecified atom stereocenters. The SMILES string of the molecule is C[C@H]1NC(=O)CC/C=C\[C@H]2O[C@]34C=CCN(c5ccc6ccccc6c5)C(=O)[C@H]3N([C@H](CO)c3ccccc3)C(=O)[C@@H]4[C@H]2C(=O)O[C@@H]1c1ccccc1. The quantitative estimate of drug-likeness (QED) is 0.216. The maximum absolute atomic E-state index is 15.2. The van der Waals surface area contributed by atoms with Crippen molar-refractivity contribution in [3.63, 3.8) is 0 Å². The Kier molecular flexibility index (Phi) is 9.18. The lowest BCUT2D eigenvalue weighted by Crippen LogP contribution is -2.56. The zero-order valence-corrected chi connectivity index (χ0v) is 29.3. The minimum Gasteiger partial charge on any atom is -0.455 e. The number of hydrogen-bond donors (Lipinski definition) is 2. The molecule has 0 radical (unpaired) electrons. The number of carbonyl (C=O) groups is 4. The van der Waals surface area contributed by atoms with Crippen LogP contribution in [0.4, 0.5) is 5.69 Å². The highest BCUT2D eigenvalue weighted by Crippen LogP contribution is 2.55. The number of rotatable bonds is 5. The van der Waals surface area contributed by atoms with E-state index in [9.17, 15) is 14.7 Å². The van der Waals surface area contributed by atoms with Crippen molar-refractivity contribution in [2.45, 2.75) is 55.7 Å². The molecule has 4 aromatic rings. The van der Waals surface area contributed by atoms with Gasteiger partial charge in [0.25, 0.3) is 5.91 Å². The molecule has 4 heterocycles. The number of hydrogen-bond acceptors (Lipinski definition) is 7. The van der Waals surface area contributed by atoms with Gasteiger partial charge in [0.15, 0.2) is 0 Å². The Bertz CT molecular complexity index is 2100. The third-order valence-corrected chi connectivity index (χ3v) is 11.0. The third kappa shape index (κ3) is 6.01. The number of anilines is 1. The number of benzene rings is 4. The Hall–Kier alpha value is -5.58. The fourth-order valence-electron chi connectivity index (χ4n) is 8.59. The second-order valence-corrected chi connectivity index (χ2v) is 14.2. The van der Waals surface area contributed by atoms with E-state index in [2.05, 4.69) is 5.32 Å². The first-order valence-corrected chi connectivity index (χ1v) is 18.2. The van der Waals surface area contributed by atoms with Crippen LogP contribution in [-0.2, 0) is 28.7 Å². The lowest BCUT2D eigenvalue weighted by molar-refractivity contribution is -0.161. The van der Waals surface area contributed by atoms with Gasteiger partial charge in [0.2, 0.25) is 11.8 Å². The van der Waals surface area contributed by atoms with Gasteiger partial charge in [0.1, 0.15) is 23.7 Å². The van der Waals surface area contributed by atoms with Crippen LogP contribution in [0, 0.1) is 11.8 Å². The summed E-state index contributed by atoms with van der Waals surface area (Å²) in [5, 5.41) is 15.9. The number of likely N-dealkylation sites (tertiary alicyclic amines) is 1. The number of cyclic esters (lactones) is 1. The molecule has 4 aromatic carbocycles. The van der Waals surface area contributed by atoms with Crippen molar-refractivity contribution < 1.29 is 33.8 Å². The standard InChI is InChI=1S/C43H41N3O7/c1-27-38(30-16-6-3-7-17-30)52-42(51)36-34(19-10-11-20-35(48)44-27)53-43-23-12-24-45(32-22-21-28-13-8-9-18-31(28)25-32)41(50)39(43)46(40(49)37(36)43)33(26-47)29-14-4-2-5-15-29/h2-10,12-19,21-23,25,27,33-34,36-39,47H,11,20,24,26H2,1H3,(H,44,48)/b19-10-/t27-,33-,34-,36+,37+,38+,39-,43+/m1/s1. The molecule has 0 aromatic heterocycles. The molecule has 2 saturated heterocycles. The molecule has 8 rings (SSSR count). The monoisotopic (exact) mass is 711 g/mol. The minimum absolute atomic E-state index is 0.188. The van der Waals surface area contributed by atoms with Crippen molar-refractivity contribution in [1.82, 2.24) is 10.2 Å². The van der Waals surface area contributed by atoms with Crippen molar-refractivity contribution in [1.29, 1.82) is 0 Å². The zero-order valence-electron chi connectivity index (χ0n) is 29.3. The number of aliphatic hydroxyl groups is 1. The van der Waals surface area contributed by atoms with E-state index in [4.69, 9.17) is 9.47 Å². The Balaban J connectivity index is 1.26. The van der Waals surface area contributed by atoms with Gasteiger partial charge < -0.3 is 29.7 Å². The van der Waals surface area contributed by atoms with E-state index in [1.54, 1.807) is 30.1 Å². The first-order chi connectivity index (χ1) is 25.8. The molecule has 10 heteroatoms. The molecule has 0 saturated carbocycles. The molecule has 53 heavy (non-hydrogen) atoms. The second kappa shape index (κ2) is 14.1. The summed E-state index contributed by atoms with van der Waals surface area (Å²) in [5.74, 6) is -4.04. The normalized spacial score (nSPS) is 29.9. The van der Waals surface area contributed by atoms with E-state index in [1.807, 2.05) is 109 Å². The molecule has 0 aliphatic carbocycles. The Morgan fingerprint density at radius 2 is 1.58 bits per heavy atom. The molecule has 8 atom stereocenters. The Morgan fingerprint density at radius 1 is 0.868 bits per heavy atom. The van der Waals surface area contributed by atoms with E-state index >= 15 is 9.59 Å². The number of carbonyl (C=O) groups excluding carboxylic acids is 4. The van der Waals surface area contributed by atoms with E-state index in [0.717, 1.165) is 10.8 Å². The fraction of sp³-hybridized carbons (Fsp3) is 0.302. The van der Waals surface area contributed by atoms with Crippen LogP contribution in [-0.4, -0.2) is 70.6 Å². The number of nitrogens with zero attached hydrogens (tertiary/aromatic N) is 2. The van der Waals surface area contributed by atoms with E-state index in [0.29, 0.717) is 23.2 Å². The van der Waals surface area contributed by atoms with Gasteiger partial charge in [-0.1, -0.05) is 115 Å². The average molecular weight is 712 g/mol. The van der Waals surface area contributed by atoms with Crippen LogP contribution in [0.2, 0.25) is 0 Å². The van der Waals surface area contributed by atoms with Crippen LogP contribution in [0.5, 0.6) is 0 Å². The average Bonchev–Trinajstić information content (AvgIpc) is 3.56. The predicted octanol–water partition coefficient (Wildman–Crippen LogP) is 5.20. The van der Waals surface area contributed by atoms with Crippen LogP contribution in [0.3, 0.4) is 0 Å². The van der Waals surface area contributed by atoms with Crippen LogP contribution in [0.15, 0.2) is 127 Å². The van der Waals surface area contributed by atoms with Gasteiger partial charge in [-0.15, -0.1) is 0 Å². The van der Waals surface area contributed by atoms with Crippen molar-refractivity contribution >= 4 is 40.2 Å². The predicted molar refractivity (Wildman–Crippen MR) is 198 cm³/mol. The molecule has 270 valence electrons. The molecule has 4 aliphatic heterocycles. The molecule has 2 N–H and O–H groups in total. The molecular formula is C43H41N3O7. The topological polar surface area (TPSA) is 125 Å². The smallest absolute Gasteiger partial charge is 0.313 e. The maximum Gasteiger partial charge on any atom is 0.313 e. The maximum atomic E-state index is 15.2. The largest absolute Gasteiger partial charge is 0.455 e. The van der Waals surface area contributed by atoms with Gasteiger partial charge in [-0.3, -0.25) is 19.2 Å². The highest BCUT2D eigenvalue weighted by atomic mass is 16.6. The van der Waals surface area contributed by atoms with Gasteiger partial charge in [-0.05, 0) is 47.4 Å². The van der Waals surface area contributed by atoms with Gasteiger partial charge >= 0.3 is 5.97 Å². The highest BCUT2D eigenvalue weighted by molar-refractivity contribution is 6.06. The number of fused-ring (bicyclic) bond motifs is 3.